The van der Waals surface area contributed by atoms with Crippen LogP contribution < -0.4 is 9.62 Å². The van der Waals surface area contributed by atoms with Crippen molar-refractivity contribution < 1.29 is 31.2 Å². The smallest absolute Gasteiger partial charge is 0.354 e. The van der Waals surface area contributed by atoms with Gasteiger partial charge in [-0.3, -0.25) is 13.9 Å². The van der Waals surface area contributed by atoms with Gasteiger partial charge in [0.15, 0.2) is 0 Å². The monoisotopic (exact) mass is 575 g/mol. The predicted molar refractivity (Wildman–Crippen MR) is 142 cm³/mol. The molecule has 0 aliphatic heterocycles. The molecule has 0 spiro atoms. The minimum atomic E-state index is -4.76. The minimum Gasteiger partial charge on any atom is -0.354 e. The number of carbonyl (C=O) groups is 2. The van der Waals surface area contributed by atoms with Crippen LogP contribution in [-0.2, 0) is 32.3 Å². The Morgan fingerprint density at radius 1 is 1.08 bits per heavy atom. The van der Waals surface area contributed by atoms with Gasteiger partial charge in [0, 0.05) is 13.1 Å². The van der Waals surface area contributed by atoms with Crippen LogP contribution in [0.5, 0.6) is 0 Å². The summed E-state index contributed by atoms with van der Waals surface area (Å²) in [5, 5.41) is 2.53. The number of hydrogen-bond donors (Lipinski definition) is 1. The molecule has 2 aromatic carbocycles. The molecule has 0 radical (unpaired) electrons. The first-order valence-corrected chi connectivity index (χ1v) is 14.2. The van der Waals surface area contributed by atoms with Gasteiger partial charge < -0.3 is 10.2 Å². The van der Waals surface area contributed by atoms with Crippen molar-refractivity contribution in [3.63, 3.8) is 0 Å². The third-order valence-corrected chi connectivity index (χ3v) is 7.21. The van der Waals surface area contributed by atoms with Gasteiger partial charge in [0.25, 0.3) is 0 Å². The molecule has 0 fully saturated rings. The summed E-state index contributed by atoms with van der Waals surface area (Å²) in [7, 11) is -4.25. The van der Waals surface area contributed by atoms with Crippen LogP contribution in [0, 0.1) is 12.8 Å². The second-order valence-electron chi connectivity index (χ2n) is 9.50. The number of alkyl halides is 3. The molecule has 1 unspecified atom stereocenters. The zero-order chi connectivity index (χ0) is 28.8. The molecule has 1 N–H and O–H groups in total. The molecule has 0 bridgehead atoms. The number of nitrogens with one attached hydrogen (secondary N) is 1. The van der Waals surface area contributed by atoms with E-state index in [4.69, 9.17) is 11.6 Å². The number of amides is 2. The maximum absolute atomic E-state index is 13.7. The summed E-state index contributed by atoms with van der Waals surface area (Å²) in [6.07, 6.45) is -3.76. The molecule has 0 saturated carbocycles. The van der Waals surface area contributed by atoms with Crippen molar-refractivity contribution in [2.24, 2.45) is 5.92 Å². The van der Waals surface area contributed by atoms with Crippen LogP contribution in [0.2, 0.25) is 5.02 Å². The fraction of sp³-hybridized carbons (Fsp3) is 0.462. The third kappa shape index (κ3) is 8.62. The SMILES string of the molecule is CCC(C(=O)NCC(C)C)N(Cc1ccc(C)cc1)C(=O)CN(c1cc(C(F)(F)F)ccc1Cl)S(C)(=O)=O. The molecule has 7 nitrogen and oxygen atoms in total. The Morgan fingerprint density at radius 3 is 2.18 bits per heavy atom. The maximum atomic E-state index is 13.7. The number of carbonyl (C=O) groups excluding carboxylic acids is 2. The summed E-state index contributed by atoms with van der Waals surface area (Å²) in [6, 6.07) is 8.55. The molecule has 0 aromatic heterocycles. The fourth-order valence-electron chi connectivity index (χ4n) is 3.71. The number of aryl methyl sites for hydroxylation is 1. The van der Waals surface area contributed by atoms with Gasteiger partial charge in [0.2, 0.25) is 21.8 Å². The second kappa shape index (κ2) is 12.8. The summed E-state index contributed by atoms with van der Waals surface area (Å²) in [5.74, 6) is -1.03. The molecule has 0 aliphatic rings. The number of sulfonamides is 1. The average Bonchev–Trinajstić information content (AvgIpc) is 2.81. The Morgan fingerprint density at radius 2 is 1.68 bits per heavy atom. The normalized spacial score (nSPS) is 12.8. The van der Waals surface area contributed by atoms with Crippen molar-refractivity contribution in [3.8, 4) is 0 Å². The fourth-order valence-corrected chi connectivity index (χ4v) is 4.83. The van der Waals surface area contributed by atoms with Crippen LogP contribution in [-0.4, -0.2) is 50.5 Å². The molecule has 210 valence electrons. The number of benzene rings is 2. The number of rotatable bonds is 11. The van der Waals surface area contributed by atoms with Gasteiger partial charge in [0.1, 0.15) is 12.6 Å². The molecule has 2 rings (SSSR count). The van der Waals surface area contributed by atoms with Crippen molar-refractivity contribution >= 4 is 39.1 Å². The van der Waals surface area contributed by atoms with Crippen LogP contribution in [0.15, 0.2) is 42.5 Å². The molecular weight excluding hydrogens is 543 g/mol. The van der Waals surface area contributed by atoms with E-state index in [1.165, 1.54) is 4.90 Å². The molecule has 0 heterocycles. The highest BCUT2D eigenvalue weighted by molar-refractivity contribution is 7.92. The molecule has 38 heavy (non-hydrogen) atoms. The summed E-state index contributed by atoms with van der Waals surface area (Å²) in [5.41, 5.74) is 0.0804. The van der Waals surface area contributed by atoms with Crippen molar-refractivity contribution in [2.45, 2.75) is 52.9 Å². The zero-order valence-electron chi connectivity index (χ0n) is 22.0. The van der Waals surface area contributed by atoms with E-state index in [1.807, 2.05) is 32.9 Å². The Balaban J connectivity index is 2.52. The lowest BCUT2D eigenvalue weighted by molar-refractivity contribution is -0.140. The maximum Gasteiger partial charge on any atom is 0.416 e. The number of nitrogens with zero attached hydrogens (tertiary/aromatic N) is 2. The second-order valence-corrected chi connectivity index (χ2v) is 11.8. The first-order valence-electron chi connectivity index (χ1n) is 12.0. The lowest BCUT2D eigenvalue weighted by Gasteiger charge is -2.33. The van der Waals surface area contributed by atoms with Gasteiger partial charge in [-0.15, -0.1) is 0 Å². The van der Waals surface area contributed by atoms with Gasteiger partial charge >= 0.3 is 6.18 Å². The van der Waals surface area contributed by atoms with Crippen LogP contribution in [0.1, 0.15) is 43.9 Å². The standard InChI is InChI=1S/C26H33ClF3N3O4S/c1-6-22(25(35)31-14-17(2)3)32(15-19-9-7-18(4)8-10-19)24(34)16-33(38(5,36)37)23-13-20(26(28,29)30)11-12-21(23)27/h7-13,17,22H,6,14-16H2,1-5H3,(H,31,35). The van der Waals surface area contributed by atoms with E-state index >= 15 is 0 Å². The molecular formula is C26H33ClF3N3O4S. The topological polar surface area (TPSA) is 86.8 Å². The zero-order valence-corrected chi connectivity index (χ0v) is 23.5. The van der Waals surface area contributed by atoms with Gasteiger partial charge in [-0.2, -0.15) is 13.2 Å². The highest BCUT2D eigenvalue weighted by Crippen LogP contribution is 2.36. The average molecular weight is 576 g/mol. The van der Waals surface area contributed by atoms with E-state index in [9.17, 15) is 31.2 Å². The molecule has 2 aromatic rings. The molecule has 2 amide bonds. The molecule has 12 heteroatoms. The van der Waals surface area contributed by atoms with Gasteiger partial charge in [-0.1, -0.05) is 62.2 Å². The molecule has 0 saturated heterocycles. The summed E-state index contributed by atoms with van der Waals surface area (Å²) in [6.45, 7) is 6.95. The molecule has 0 aliphatic carbocycles. The predicted octanol–water partition coefficient (Wildman–Crippen LogP) is 5.01. The quantitative estimate of drug-likeness (QED) is 0.408. The highest BCUT2D eigenvalue weighted by atomic mass is 35.5. The summed E-state index contributed by atoms with van der Waals surface area (Å²) >= 11 is 6.10. The minimum absolute atomic E-state index is 0.0133. The van der Waals surface area contributed by atoms with Crippen molar-refractivity contribution in [2.75, 3.05) is 23.7 Å². The first kappa shape index (κ1) is 31.4. The van der Waals surface area contributed by atoms with Gasteiger partial charge in [0.05, 0.1) is 22.5 Å². The van der Waals surface area contributed by atoms with E-state index in [1.54, 1.807) is 19.1 Å². The third-order valence-electron chi connectivity index (χ3n) is 5.77. The van der Waals surface area contributed by atoms with Crippen LogP contribution in [0.25, 0.3) is 0 Å². The van der Waals surface area contributed by atoms with E-state index in [0.29, 0.717) is 22.5 Å². The number of halogens is 4. The first-order chi connectivity index (χ1) is 17.5. The lowest BCUT2D eigenvalue weighted by atomic mass is 10.1. The highest BCUT2D eigenvalue weighted by Gasteiger charge is 2.35. The van der Waals surface area contributed by atoms with Crippen LogP contribution in [0.3, 0.4) is 0 Å². The van der Waals surface area contributed by atoms with Gasteiger partial charge in [-0.25, -0.2) is 8.42 Å². The van der Waals surface area contributed by atoms with E-state index in [0.717, 1.165) is 24.0 Å². The number of anilines is 1. The largest absolute Gasteiger partial charge is 0.416 e. The summed E-state index contributed by atoms with van der Waals surface area (Å²) < 4.78 is 66.0. The van der Waals surface area contributed by atoms with Crippen molar-refractivity contribution in [3.05, 3.63) is 64.2 Å². The van der Waals surface area contributed by atoms with Crippen molar-refractivity contribution in [1.29, 1.82) is 0 Å². The van der Waals surface area contributed by atoms with Crippen LogP contribution in [0.4, 0.5) is 18.9 Å². The van der Waals surface area contributed by atoms with Crippen LogP contribution >= 0.6 is 11.6 Å². The van der Waals surface area contributed by atoms with E-state index in [2.05, 4.69) is 5.32 Å². The summed E-state index contributed by atoms with van der Waals surface area (Å²) in [4.78, 5) is 28.0. The Kier molecular flexibility index (Phi) is 10.6. The lowest BCUT2D eigenvalue weighted by Crippen LogP contribution is -2.52. The Hall–Kier alpha value is -2.79. The Labute approximate surface area is 227 Å². The molecule has 1 atom stereocenters. The number of hydrogen-bond acceptors (Lipinski definition) is 4. The van der Waals surface area contributed by atoms with Gasteiger partial charge in [-0.05, 0) is 43.0 Å². The van der Waals surface area contributed by atoms with E-state index < -0.39 is 51.9 Å². The Bertz CT molecular complexity index is 1240. The van der Waals surface area contributed by atoms with E-state index in [-0.39, 0.29) is 23.9 Å². The van der Waals surface area contributed by atoms with Crippen molar-refractivity contribution in [1.82, 2.24) is 10.2 Å².